The molecule has 1 fully saturated rings. The third-order valence-electron chi connectivity index (χ3n) is 2.40. The molecule has 0 spiro atoms. The lowest BCUT2D eigenvalue weighted by Crippen LogP contribution is -2.21. The first kappa shape index (κ1) is 9.12. The molecule has 0 saturated carbocycles. The first-order chi connectivity index (χ1) is 5.43. The van der Waals surface area contributed by atoms with Crippen LogP contribution in [-0.2, 0) is 4.65 Å². The Kier molecular flexibility index (Phi) is 4.68. The minimum atomic E-state index is 0.607. The summed E-state index contributed by atoms with van der Waals surface area (Å²) < 4.78 is 5.72. The minimum absolute atomic E-state index is 0.607. The predicted octanol–water partition coefficient (Wildman–Crippen LogP) is 2.98. The maximum atomic E-state index is 5.72. The molecule has 1 nitrogen and oxygen atoms in total. The van der Waals surface area contributed by atoms with Gasteiger partial charge in [-0.05, 0) is 19.1 Å². The van der Waals surface area contributed by atoms with E-state index in [2.05, 4.69) is 6.92 Å². The van der Waals surface area contributed by atoms with Gasteiger partial charge in [0.2, 0.25) is 0 Å². The molecule has 0 atom stereocenters. The summed E-state index contributed by atoms with van der Waals surface area (Å²) in [4.78, 5) is 0. The third-order valence-corrected chi connectivity index (χ3v) is 2.40. The van der Waals surface area contributed by atoms with Gasteiger partial charge in [-0.3, -0.25) is 0 Å². The van der Waals surface area contributed by atoms with Crippen molar-refractivity contribution in [2.75, 3.05) is 6.61 Å². The van der Waals surface area contributed by atoms with Gasteiger partial charge in [0.05, 0.1) is 0 Å². The first-order valence-electron chi connectivity index (χ1n) is 5.05. The maximum Gasteiger partial charge on any atom is 0.293 e. The van der Waals surface area contributed by atoms with Gasteiger partial charge in [-0.25, -0.2) is 0 Å². The van der Waals surface area contributed by atoms with Crippen LogP contribution in [0.4, 0.5) is 0 Å². The number of rotatable bonds is 4. The molecule has 1 rings (SSSR count). The molecule has 0 aromatic heterocycles. The molecular weight excluding hydrogens is 135 g/mol. The topological polar surface area (TPSA) is 9.23 Å². The van der Waals surface area contributed by atoms with Gasteiger partial charge in [0.25, 0.3) is 6.92 Å². The van der Waals surface area contributed by atoms with Crippen LogP contribution in [0, 0.1) is 0 Å². The Morgan fingerprint density at radius 2 is 1.91 bits per heavy atom. The molecule has 2 heteroatoms. The Morgan fingerprint density at radius 3 is 2.55 bits per heavy atom. The molecule has 0 aromatic carbocycles. The lowest BCUT2D eigenvalue weighted by molar-refractivity contribution is 0.304. The fourth-order valence-electron chi connectivity index (χ4n) is 1.63. The highest BCUT2D eigenvalue weighted by molar-refractivity contribution is 6.52. The van der Waals surface area contributed by atoms with Crippen LogP contribution in [0.25, 0.3) is 0 Å². The number of unbranched alkanes of at least 4 members (excludes halogenated alkanes) is 1. The summed E-state index contributed by atoms with van der Waals surface area (Å²) in [5.74, 6) is 0. The van der Waals surface area contributed by atoms with E-state index in [0.717, 1.165) is 6.61 Å². The van der Waals surface area contributed by atoms with Crippen molar-refractivity contribution >= 4 is 6.92 Å². The smallest absolute Gasteiger partial charge is 0.293 e. The van der Waals surface area contributed by atoms with Gasteiger partial charge in [-0.2, -0.15) is 0 Å². The largest absolute Gasteiger partial charge is 0.436 e. The summed E-state index contributed by atoms with van der Waals surface area (Å²) in [7, 11) is 0. The van der Waals surface area contributed by atoms with Crippen LogP contribution < -0.4 is 0 Å². The van der Waals surface area contributed by atoms with Crippen molar-refractivity contribution in [2.24, 2.45) is 0 Å². The van der Waals surface area contributed by atoms with E-state index in [1.165, 1.54) is 44.7 Å². The molecule has 11 heavy (non-hydrogen) atoms. The zero-order chi connectivity index (χ0) is 7.94. The predicted molar refractivity (Wildman–Crippen MR) is 50.1 cm³/mol. The molecule has 0 amide bonds. The summed E-state index contributed by atoms with van der Waals surface area (Å²) in [6, 6.07) is 0. The maximum absolute atomic E-state index is 5.72. The summed E-state index contributed by atoms with van der Waals surface area (Å²) >= 11 is 0. The summed E-state index contributed by atoms with van der Waals surface area (Å²) in [6.45, 7) is 3.81. The van der Waals surface area contributed by atoms with Crippen LogP contribution in [0.2, 0.25) is 12.6 Å². The molecule has 0 radical (unpaired) electrons. The second kappa shape index (κ2) is 5.65. The van der Waals surface area contributed by atoms with Gasteiger partial charge < -0.3 is 4.65 Å². The van der Waals surface area contributed by atoms with E-state index in [1.807, 2.05) is 0 Å². The van der Waals surface area contributed by atoms with E-state index in [9.17, 15) is 0 Å². The van der Waals surface area contributed by atoms with E-state index in [4.69, 9.17) is 4.65 Å². The monoisotopic (exact) mass is 154 g/mol. The second-order valence-electron chi connectivity index (χ2n) is 3.48. The molecule has 0 N–H and O–H groups in total. The summed E-state index contributed by atoms with van der Waals surface area (Å²) in [6.07, 6.45) is 9.30. The molecule has 1 aliphatic rings. The van der Waals surface area contributed by atoms with Crippen molar-refractivity contribution < 1.29 is 4.65 Å². The molecular formula is C9H19BO. The van der Waals surface area contributed by atoms with E-state index in [0.29, 0.717) is 6.92 Å². The zero-order valence-electron chi connectivity index (χ0n) is 7.64. The van der Waals surface area contributed by atoms with Gasteiger partial charge in [0.15, 0.2) is 0 Å². The quantitative estimate of drug-likeness (QED) is 0.446. The number of hydrogen-bond acceptors (Lipinski definition) is 1. The lowest BCUT2D eigenvalue weighted by Gasteiger charge is -2.18. The molecule has 64 valence electrons. The van der Waals surface area contributed by atoms with Gasteiger partial charge in [-0.1, -0.05) is 32.6 Å². The van der Waals surface area contributed by atoms with Gasteiger partial charge in [0.1, 0.15) is 0 Å². The van der Waals surface area contributed by atoms with Gasteiger partial charge in [-0.15, -0.1) is 0 Å². The van der Waals surface area contributed by atoms with Crippen molar-refractivity contribution in [2.45, 2.75) is 51.7 Å². The Hall–Kier alpha value is 0.0249. The Bertz CT molecular complexity index is 89.6. The SMILES string of the molecule is CCCCOB1CCCCC1. The summed E-state index contributed by atoms with van der Waals surface area (Å²) in [5, 5.41) is 0. The average molecular weight is 154 g/mol. The standard InChI is InChI=1S/C9H19BO/c1-2-3-9-11-10-7-5-4-6-8-10/h2-9H2,1H3. The third kappa shape index (κ3) is 3.81. The van der Waals surface area contributed by atoms with Crippen molar-refractivity contribution in [3.63, 3.8) is 0 Å². The number of hydrogen-bond donors (Lipinski definition) is 0. The van der Waals surface area contributed by atoms with Crippen LogP contribution in [-0.4, -0.2) is 13.5 Å². The first-order valence-corrected chi connectivity index (χ1v) is 5.05. The van der Waals surface area contributed by atoms with Crippen molar-refractivity contribution in [3.05, 3.63) is 0 Å². The van der Waals surface area contributed by atoms with E-state index in [1.54, 1.807) is 0 Å². The van der Waals surface area contributed by atoms with Crippen LogP contribution in [0.3, 0.4) is 0 Å². The van der Waals surface area contributed by atoms with E-state index in [-0.39, 0.29) is 0 Å². The van der Waals surface area contributed by atoms with Gasteiger partial charge >= 0.3 is 0 Å². The minimum Gasteiger partial charge on any atom is -0.436 e. The average Bonchev–Trinajstić information content (AvgIpc) is 2.07. The highest BCUT2D eigenvalue weighted by Gasteiger charge is 2.18. The normalized spacial score (nSPS) is 18.8. The van der Waals surface area contributed by atoms with Crippen molar-refractivity contribution in [1.82, 2.24) is 0 Å². The Balaban J connectivity index is 1.96. The lowest BCUT2D eigenvalue weighted by atomic mass is 9.56. The molecule has 0 unspecified atom stereocenters. The van der Waals surface area contributed by atoms with Crippen LogP contribution in [0.5, 0.6) is 0 Å². The highest BCUT2D eigenvalue weighted by Crippen LogP contribution is 2.19. The van der Waals surface area contributed by atoms with E-state index >= 15 is 0 Å². The molecule has 0 aromatic rings. The molecule has 1 aliphatic heterocycles. The molecule has 0 bridgehead atoms. The van der Waals surface area contributed by atoms with Gasteiger partial charge in [0, 0.05) is 6.61 Å². The molecule has 0 aliphatic carbocycles. The van der Waals surface area contributed by atoms with Crippen LogP contribution in [0.1, 0.15) is 39.0 Å². The fraction of sp³-hybridized carbons (Fsp3) is 1.00. The van der Waals surface area contributed by atoms with Crippen molar-refractivity contribution in [3.8, 4) is 0 Å². The molecule has 1 heterocycles. The highest BCUT2D eigenvalue weighted by atomic mass is 16.4. The Morgan fingerprint density at radius 1 is 1.18 bits per heavy atom. The Labute approximate surface area is 70.6 Å². The second-order valence-corrected chi connectivity index (χ2v) is 3.48. The van der Waals surface area contributed by atoms with Crippen LogP contribution in [0.15, 0.2) is 0 Å². The fourth-order valence-corrected chi connectivity index (χ4v) is 1.63. The summed E-state index contributed by atoms with van der Waals surface area (Å²) in [5.41, 5.74) is 0. The van der Waals surface area contributed by atoms with E-state index < -0.39 is 0 Å². The van der Waals surface area contributed by atoms with Crippen LogP contribution >= 0.6 is 0 Å². The molecule has 1 saturated heterocycles. The van der Waals surface area contributed by atoms with Crippen molar-refractivity contribution in [1.29, 1.82) is 0 Å². The zero-order valence-corrected chi connectivity index (χ0v) is 7.64.